The van der Waals surface area contributed by atoms with Crippen molar-refractivity contribution in [2.24, 2.45) is 10.2 Å². The number of halogens is 1. The van der Waals surface area contributed by atoms with Crippen molar-refractivity contribution < 1.29 is 4.39 Å². The van der Waals surface area contributed by atoms with Gasteiger partial charge >= 0.3 is 0 Å². The maximum absolute atomic E-state index is 13.2. The second-order valence-electron chi connectivity index (χ2n) is 3.09. The Morgan fingerprint density at radius 2 is 2.06 bits per heavy atom. The lowest BCUT2D eigenvalue weighted by Crippen LogP contribution is -1.80. The summed E-state index contributed by atoms with van der Waals surface area (Å²) >= 11 is 1.22. The van der Waals surface area contributed by atoms with Crippen LogP contribution in [0.3, 0.4) is 0 Å². The van der Waals surface area contributed by atoms with E-state index in [2.05, 4.69) is 15.2 Å². The normalized spacial score (nSPS) is 11.1. The quantitative estimate of drug-likeness (QED) is 0.810. The second kappa shape index (κ2) is 4.36. The standard InChI is InChI=1S/C10H9FN4S/c1-6-9(16-10(12)13-6)15-14-8-5-3-2-4-7(8)11/h2-5H,1H3,(H2,12,13). The third-order valence-corrected chi connectivity index (χ3v) is 2.76. The zero-order valence-electron chi connectivity index (χ0n) is 8.51. The molecule has 0 aliphatic carbocycles. The number of anilines is 1. The molecule has 0 spiro atoms. The molecule has 0 unspecified atom stereocenters. The van der Waals surface area contributed by atoms with E-state index >= 15 is 0 Å². The fraction of sp³-hybridized carbons (Fsp3) is 0.100. The van der Waals surface area contributed by atoms with Crippen molar-refractivity contribution in [3.8, 4) is 0 Å². The number of azo groups is 1. The number of rotatable bonds is 2. The molecule has 2 N–H and O–H groups in total. The Morgan fingerprint density at radius 1 is 1.31 bits per heavy atom. The van der Waals surface area contributed by atoms with Gasteiger partial charge in [0.2, 0.25) is 0 Å². The van der Waals surface area contributed by atoms with E-state index in [9.17, 15) is 4.39 Å². The molecule has 0 atom stereocenters. The second-order valence-corrected chi connectivity index (χ2v) is 4.10. The molecule has 0 aliphatic heterocycles. The predicted molar refractivity (Wildman–Crippen MR) is 61.8 cm³/mol. The number of hydrogen-bond donors (Lipinski definition) is 1. The van der Waals surface area contributed by atoms with Crippen LogP contribution in [0.4, 0.5) is 20.2 Å². The predicted octanol–water partition coefficient (Wildman–Crippen LogP) is 3.59. The molecule has 2 aromatic rings. The van der Waals surface area contributed by atoms with Crippen molar-refractivity contribution in [3.63, 3.8) is 0 Å². The van der Waals surface area contributed by atoms with E-state index in [0.717, 1.165) is 0 Å². The highest BCUT2D eigenvalue weighted by atomic mass is 32.1. The minimum atomic E-state index is -0.401. The van der Waals surface area contributed by atoms with Crippen LogP contribution in [0.2, 0.25) is 0 Å². The lowest BCUT2D eigenvalue weighted by Gasteiger charge is -1.92. The van der Waals surface area contributed by atoms with Gasteiger partial charge in [0.25, 0.3) is 0 Å². The number of benzene rings is 1. The first-order chi connectivity index (χ1) is 7.66. The van der Waals surface area contributed by atoms with E-state index in [0.29, 0.717) is 15.8 Å². The summed E-state index contributed by atoms with van der Waals surface area (Å²) in [5, 5.41) is 8.76. The molecular weight excluding hydrogens is 227 g/mol. The van der Waals surface area contributed by atoms with E-state index in [-0.39, 0.29) is 5.69 Å². The zero-order chi connectivity index (χ0) is 11.5. The molecule has 82 valence electrons. The van der Waals surface area contributed by atoms with E-state index < -0.39 is 5.82 Å². The van der Waals surface area contributed by atoms with Crippen LogP contribution in [0, 0.1) is 12.7 Å². The maximum atomic E-state index is 13.2. The molecule has 0 bridgehead atoms. The summed E-state index contributed by atoms with van der Waals surface area (Å²) in [5.74, 6) is -0.401. The molecule has 0 aliphatic rings. The Bertz CT molecular complexity index is 535. The molecule has 4 nitrogen and oxygen atoms in total. The third kappa shape index (κ3) is 2.22. The van der Waals surface area contributed by atoms with Crippen LogP contribution in [-0.2, 0) is 0 Å². The van der Waals surface area contributed by atoms with Crippen molar-refractivity contribution in [1.82, 2.24) is 4.98 Å². The highest BCUT2D eigenvalue weighted by molar-refractivity contribution is 7.19. The first kappa shape index (κ1) is 10.7. The Morgan fingerprint density at radius 3 is 2.69 bits per heavy atom. The third-order valence-electron chi connectivity index (χ3n) is 1.89. The first-order valence-electron chi connectivity index (χ1n) is 4.56. The fourth-order valence-corrected chi connectivity index (χ4v) is 1.79. The van der Waals surface area contributed by atoms with Crippen molar-refractivity contribution >= 4 is 27.2 Å². The van der Waals surface area contributed by atoms with Gasteiger partial charge in [0, 0.05) is 0 Å². The van der Waals surface area contributed by atoms with Crippen LogP contribution in [0.15, 0.2) is 34.5 Å². The van der Waals surface area contributed by atoms with Crippen molar-refractivity contribution in [3.05, 3.63) is 35.8 Å². The van der Waals surface area contributed by atoms with Gasteiger partial charge in [-0.1, -0.05) is 23.5 Å². The van der Waals surface area contributed by atoms with Crippen LogP contribution in [-0.4, -0.2) is 4.98 Å². The van der Waals surface area contributed by atoms with Gasteiger partial charge in [0.05, 0.1) is 5.69 Å². The van der Waals surface area contributed by atoms with Gasteiger partial charge in [-0.05, 0) is 19.1 Å². The topological polar surface area (TPSA) is 63.6 Å². The van der Waals surface area contributed by atoms with E-state index in [1.165, 1.54) is 17.4 Å². The largest absolute Gasteiger partial charge is 0.375 e. The Hall–Kier alpha value is -1.82. The Balaban J connectivity index is 2.28. The Kier molecular flexibility index (Phi) is 2.91. The maximum Gasteiger partial charge on any atom is 0.182 e. The van der Waals surface area contributed by atoms with E-state index in [1.807, 2.05) is 0 Å². The molecule has 0 saturated carbocycles. The summed E-state index contributed by atoms with van der Waals surface area (Å²) in [6.45, 7) is 1.78. The molecule has 0 saturated heterocycles. The lowest BCUT2D eigenvalue weighted by molar-refractivity contribution is 0.628. The molecule has 1 heterocycles. The molecule has 0 amide bonds. The number of hydrogen-bond acceptors (Lipinski definition) is 5. The SMILES string of the molecule is Cc1nc(N)sc1N=Nc1ccccc1F. The number of nitrogens with two attached hydrogens (primary N) is 1. The summed E-state index contributed by atoms with van der Waals surface area (Å²) in [7, 11) is 0. The van der Waals surface area contributed by atoms with Crippen LogP contribution >= 0.6 is 11.3 Å². The smallest absolute Gasteiger partial charge is 0.182 e. The van der Waals surface area contributed by atoms with Gasteiger partial charge in [0.15, 0.2) is 15.9 Å². The van der Waals surface area contributed by atoms with Gasteiger partial charge in [-0.15, -0.1) is 10.2 Å². The summed E-state index contributed by atoms with van der Waals surface area (Å²) in [5.41, 5.74) is 6.41. The summed E-state index contributed by atoms with van der Waals surface area (Å²) in [6, 6.07) is 6.19. The molecule has 0 fully saturated rings. The van der Waals surface area contributed by atoms with Gasteiger partial charge < -0.3 is 5.73 Å². The average Bonchev–Trinajstić information content (AvgIpc) is 2.56. The number of nitrogen functional groups attached to an aromatic ring is 1. The van der Waals surface area contributed by atoms with Crippen LogP contribution < -0.4 is 5.73 Å². The van der Waals surface area contributed by atoms with Gasteiger partial charge in [0.1, 0.15) is 5.69 Å². The average molecular weight is 236 g/mol. The van der Waals surface area contributed by atoms with Crippen molar-refractivity contribution in [1.29, 1.82) is 0 Å². The highest BCUT2D eigenvalue weighted by Gasteiger charge is 2.04. The molecule has 6 heteroatoms. The summed E-state index contributed by atoms with van der Waals surface area (Å²) in [4.78, 5) is 3.99. The number of aromatic nitrogens is 1. The van der Waals surface area contributed by atoms with Crippen LogP contribution in [0.1, 0.15) is 5.69 Å². The molecule has 1 aromatic heterocycles. The first-order valence-corrected chi connectivity index (χ1v) is 5.37. The van der Waals surface area contributed by atoms with E-state index in [1.54, 1.807) is 25.1 Å². The molecule has 2 rings (SSSR count). The minimum absolute atomic E-state index is 0.203. The van der Waals surface area contributed by atoms with Gasteiger partial charge in [-0.3, -0.25) is 0 Å². The molecule has 1 aromatic carbocycles. The van der Waals surface area contributed by atoms with Gasteiger partial charge in [-0.2, -0.15) is 0 Å². The monoisotopic (exact) mass is 236 g/mol. The van der Waals surface area contributed by atoms with E-state index in [4.69, 9.17) is 5.73 Å². The minimum Gasteiger partial charge on any atom is -0.375 e. The molecule has 0 radical (unpaired) electrons. The van der Waals surface area contributed by atoms with Crippen molar-refractivity contribution in [2.45, 2.75) is 6.92 Å². The van der Waals surface area contributed by atoms with Gasteiger partial charge in [-0.25, -0.2) is 9.37 Å². The lowest BCUT2D eigenvalue weighted by atomic mass is 10.3. The van der Waals surface area contributed by atoms with Crippen LogP contribution in [0.5, 0.6) is 0 Å². The zero-order valence-corrected chi connectivity index (χ0v) is 9.33. The summed E-state index contributed by atoms with van der Waals surface area (Å²) in [6.07, 6.45) is 0. The molecular formula is C10H9FN4S. The number of aryl methyl sites for hydroxylation is 1. The number of thiazole rings is 1. The Labute approximate surface area is 95.7 Å². The van der Waals surface area contributed by atoms with Crippen LogP contribution in [0.25, 0.3) is 0 Å². The number of nitrogens with zero attached hydrogens (tertiary/aromatic N) is 3. The highest BCUT2D eigenvalue weighted by Crippen LogP contribution is 2.30. The summed E-state index contributed by atoms with van der Waals surface area (Å²) < 4.78 is 13.2. The molecule has 16 heavy (non-hydrogen) atoms. The fourth-order valence-electron chi connectivity index (χ4n) is 1.13. The van der Waals surface area contributed by atoms with Crippen molar-refractivity contribution in [2.75, 3.05) is 5.73 Å².